The molecule has 2 rings (SSSR count). The molecule has 28 heavy (non-hydrogen) atoms. The van der Waals surface area contributed by atoms with Gasteiger partial charge in [0.05, 0.1) is 12.0 Å². The van der Waals surface area contributed by atoms with Crippen LogP contribution in [0.3, 0.4) is 0 Å². The first-order valence-electron chi connectivity index (χ1n) is 9.21. The van der Waals surface area contributed by atoms with Gasteiger partial charge in [-0.05, 0) is 43.8 Å². The lowest BCUT2D eigenvalue weighted by molar-refractivity contribution is -0.144. The molecule has 1 aromatic rings. The minimum Gasteiger partial charge on any atom is -0.481 e. The third-order valence-electron chi connectivity index (χ3n) is 4.69. The number of Topliss-reactive ketones (excluding diaryl/α,β-unsaturated/α-hetero) is 1. The Morgan fingerprint density at radius 3 is 2.61 bits per heavy atom. The number of hydrogen-bond donors (Lipinski definition) is 2. The summed E-state index contributed by atoms with van der Waals surface area (Å²) in [6.45, 7) is 5.18. The second kappa shape index (κ2) is 9.43. The SMILES string of the molecule is Cc1cc(C(=O)NC(C(=O)C[C@@H](CC2C=CC(F)=CC2)C(=O)O)C(C)C)no1. The van der Waals surface area contributed by atoms with Gasteiger partial charge in [0, 0.05) is 12.5 Å². The molecule has 0 aliphatic heterocycles. The summed E-state index contributed by atoms with van der Waals surface area (Å²) in [6.07, 6.45) is 4.75. The number of nitrogens with zero attached hydrogens (tertiary/aromatic N) is 1. The van der Waals surface area contributed by atoms with E-state index in [4.69, 9.17) is 4.52 Å². The van der Waals surface area contributed by atoms with Crippen molar-refractivity contribution >= 4 is 17.7 Å². The van der Waals surface area contributed by atoms with Crippen molar-refractivity contribution < 1.29 is 28.4 Å². The zero-order chi connectivity index (χ0) is 20.8. The molecular weight excluding hydrogens is 367 g/mol. The Morgan fingerprint density at radius 2 is 2.11 bits per heavy atom. The molecule has 1 heterocycles. The topological polar surface area (TPSA) is 110 Å². The van der Waals surface area contributed by atoms with Crippen LogP contribution in [-0.2, 0) is 9.59 Å². The molecule has 2 unspecified atom stereocenters. The van der Waals surface area contributed by atoms with Crippen LogP contribution >= 0.6 is 0 Å². The van der Waals surface area contributed by atoms with Gasteiger partial charge in [-0.2, -0.15) is 0 Å². The molecule has 0 radical (unpaired) electrons. The molecule has 1 aromatic heterocycles. The average Bonchev–Trinajstić information content (AvgIpc) is 3.06. The maximum atomic E-state index is 13.1. The quantitative estimate of drug-likeness (QED) is 0.668. The highest BCUT2D eigenvalue weighted by molar-refractivity contribution is 5.97. The third-order valence-corrected chi connectivity index (χ3v) is 4.69. The summed E-state index contributed by atoms with van der Waals surface area (Å²) < 4.78 is 17.9. The number of halogens is 1. The summed E-state index contributed by atoms with van der Waals surface area (Å²) in [4.78, 5) is 36.7. The van der Waals surface area contributed by atoms with Crippen molar-refractivity contribution in [1.82, 2.24) is 10.5 Å². The van der Waals surface area contributed by atoms with Crippen molar-refractivity contribution in [3.05, 3.63) is 41.6 Å². The number of aryl methyl sites for hydroxylation is 1. The molecule has 0 saturated carbocycles. The van der Waals surface area contributed by atoms with Crippen molar-refractivity contribution in [2.45, 2.75) is 46.1 Å². The molecule has 0 aromatic carbocycles. The normalized spacial score (nSPS) is 18.5. The van der Waals surface area contributed by atoms with E-state index in [9.17, 15) is 23.9 Å². The number of ketones is 1. The van der Waals surface area contributed by atoms with Crippen LogP contribution in [-0.4, -0.2) is 34.0 Å². The van der Waals surface area contributed by atoms with Gasteiger partial charge in [0.2, 0.25) is 0 Å². The molecule has 0 bridgehead atoms. The van der Waals surface area contributed by atoms with Crippen LogP contribution in [0, 0.1) is 24.7 Å². The smallest absolute Gasteiger partial charge is 0.306 e. The van der Waals surface area contributed by atoms with Gasteiger partial charge in [0.15, 0.2) is 11.5 Å². The number of carboxylic acid groups (broad SMARTS) is 1. The Kier molecular flexibility index (Phi) is 7.25. The fraction of sp³-hybridized carbons (Fsp3) is 0.500. The van der Waals surface area contributed by atoms with Crippen molar-refractivity contribution in [2.24, 2.45) is 17.8 Å². The lowest BCUT2D eigenvalue weighted by Crippen LogP contribution is -2.45. The van der Waals surface area contributed by atoms with Gasteiger partial charge in [0.1, 0.15) is 11.6 Å². The van der Waals surface area contributed by atoms with Crippen molar-refractivity contribution in [3.8, 4) is 0 Å². The molecule has 152 valence electrons. The van der Waals surface area contributed by atoms with Crippen molar-refractivity contribution in [1.29, 1.82) is 0 Å². The molecule has 0 fully saturated rings. The van der Waals surface area contributed by atoms with E-state index in [2.05, 4.69) is 10.5 Å². The number of hydrogen-bond acceptors (Lipinski definition) is 5. The summed E-state index contributed by atoms with van der Waals surface area (Å²) in [5, 5.41) is 15.8. The standard InChI is InChI=1S/C20H25FN2O5/c1-11(2)18(22-19(25)16-8-12(3)28-23-16)17(24)10-14(20(26)27)9-13-4-6-15(21)7-5-13/h4,6-8,11,13-14,18H,5,9-10H2,1-3H3,(H,22,25)(H,26,27)/t13?,14-,18?/m1/s1. The third kappa shape index (κ3) is 5.87. The van der Waals surface area contributed by atoms with E-state index < -0.39 is 23.8 Å². The number of carbonyl (C=O) groups excluding carboxylic acids is 2. The summed E-state index contributed by atoms with van der Waals surface area (Å²) in [5.74, 6) is -3.16. The molecule has 1 aliphatic rings. The minimum absolute atomic E-state index is 0.0619. The summed E-state index contributed by atoms with van der Waals surface area (Å²) in [5.41, 5.74) is 0.0619. The van der Waals surface area contributed by atoms with Crippen LogP contribution in [0.2, 0.25) is 0 Å². The number of aromatic nitrogens is 1. The van der Waals surface area contributed by atoms with Crippen molar-refractivity contribution in [3.63, 3.8) is 0 Å². The number of carbonyl (C=O) groups is 3. The van der Waals surface area contributed by atoms with Crippen LogP contribution < -0.4 is 5.32 Å². The van der Waals surface area contributed by atoms with Gasteiger partial charge >= 0.3 is 5.97 Å². The Labute approximate surface area is 162 Å². The van der Waals surface area contributed by atoms with Gasteiger partial charge in [-0.1, -0.05) is 25.1 Å². The Bertz CT molecular complexity index is 796. The van der Waals surface area contributed by atoms with Crippen LogP contribution in [0.25, 0.3) is 0 Å². The zero-order valence-corrected chi connectivity index (χ0v) is 16.1. The predicted molar refractivity (Wildman–Crippen MR) is 99.1 cm³/mol. The second-order valence-corrected chi connectivity index (χ2v) is 7.40. The number of allylic oxidation sites excluding steroid dienone is 4. The Balaban J connectivity index is 2.03. The predicted octanol–water partition coefficient (Wildman–Crippen LogP) is 3.22. The molecule has 3 atom stereocenters. The first-order valence-corrected chi connectivity index (χ1v) is 9.21. The highest BCUT2D eigenvalue weighted by Gasteiger charge is 2.31. The van der Waals surface area contributed by atoms with E-state index in [1.807, 2.05) is 0 Å². The molecule has 1 aliphatic carbocycles. The van der Waals surface area contributed by atoms with Gasteiger partial charge in [-0.25, -0.2) is 4.39 Å². The molecule has 0 saturated heterocycles. The average molecular weight is 392 g/mol. The highest BCUT2D eigenvalue weighted by Crippen LogP contribution is 2.26. The van der Waals surface area contributed by atoms with Crippen LogP contribution in [0.5, 0.6) is 0 Å². The van der Waals surface area contributed by atoms with E-state index >= 15 is 0 Å². The summed E-state index contributed by atoms with van der Waals surface area (Å²) in [6, 6.07) is 0.616. The lowest BCUT2D eigenvalue weighted by Gasteiger charge is -2.24. The Hall–Kier alpha value is -2.77. The highest BCUT2D eigenvalue weighted by atomic mass is 19.1. The first-order chi connectivity index (χ1) is 13.2. The maximum absolute atomic E-state index is 13.1. The van der Waals surface area contributed by atoms with Gasteiger partial charge in [-0.15, -0.1) is 0 Å². The Morgan fingerprint density at radius 1 is 1.39 bits per heavy atom. The van der Waals surface area contributed by atoms with E-state index in [0.29, 0.717) is 12.2 Å². The van der Waals surface area contributed by atoms with Crippen LogP contribution in [0.15, 0.2) is 34.6 Å². The molecule has 0 spiro atoms. The number of rotatable bonds is 9. The lowest BCUT2D eigenvalue weighted by atomic mass is 9.84. The minimum atomic E-state index is -1.09. The summed E-state index contributed by atoms with van der Waals surface area (Å²) >= 11 is 0. The molecule has 7 nitrogen and oxygen atoms in total. The zero-order valence-electron chi connectivity index (χ0n) is 16.1. The fourth-order valence-electron chi connectivity index (χ4n) is 3.13. The number of aliphatic carboxylic acids is 1. The van der Waals surface area contributed by atoms with E-state index in [1.165, 1.54) is 18.2 Å². The molecule has 2 N–H and O–H groups in total. The molecular formula is C20H25FN2O5. The van der Waals surface area contributed by atoms with Crippen molar-refractivity contribution in [2.75, 3.05) is 0 Å². The molecule has 1 amide bonds. The number of nitrogens with one attached hydrogen (secondary N) is 1. The summed E-state index contributed by atoms with van der Waals surface area (Å²) in [7, 11) is 0. The first kappa shape index (κ1) is 21.5. The van der Waals surface area contributed by atoms with Gasteiger partial charge < -0.3 is 14.9 Å². The van der Waals surface area contributed by atoms with Crippen LogP contribution in [0.1, 0.15) is 49.4 Å². The van der Waals surface area contributed by atoms with E-state index in [1.54, 1.807) is 26.8 Å². The fourth-order valence-corrected chi connectivity index (χ4v) is 3.13. The van der Waals surface area contributed by atoms with E-state index in [-0.39, 0.29) is 42.0 Å². The monoisotopic (exact) mass is 392 g/mol. The number of carboxylic acids is 1. The second-order valence-electron chi connectivity index (χ2n) is 7.40. The van der Waals surface area contributed by atoms with Gasteiger partial charge in [-0.3, -0.25) is 14.4 Å². The van der Waals surface area contributed by atoms with E-state index in [0.717, 1.165) is 0 Å². The van der Waals surface area contributed by atoms with Crippen LogP contribution in [0.4, 0.5) is 4.39 Å². The number of amides is 1. The van der Waals surface area contributed by atoms with Gasteiger partial charge in [0.25, 0.3) is 5.91 Å². The maximum Gasteiger partial charge on any atom is 0.306 e. The molecule has 8 heteroatoms. The largest absolute Gasteiger partial charge is 0.481 e.